The van der Waals surface area contributed by atoms with E-state index in [-0.39, 0.29) is 5.56 Å². The highest BCUT2D eigenvalue weighted by molar-refractivity contribution is 7.98. The summed E-state index contributed by atoms with van der Waals surface area (Å²) in [6.45, 7) is 3.71. The van der Waals surface area contributed by atoms with E-state index >= 15 is 0 Å². The van der Waals surface area contributed by atoms with Crippen LogP contribution in [-0.2, 0) is 0 Å². The average Bonchev–Trinajstić information content (AvgIpc) is 2.77. The molecule has 21 heavy (non-hydrogen) atoms. The van der Waals surface area contributed by atoms with Crippen molar-refractivity contribution in [2.45, 2.75) is 18.9 Å². The van der Waals surface area contributed by atoms with Gasteiger partial charge in [-0.2, -0.15) is 5.10 Å². The van der Waals surface area contributed by atoms with Gasteiger partial charge in [0.1, 0.15) is 16.2 Å². The molecule has 0 aliphatic rings. The number of aromatic amines is 1. The lowest BCUT2D eigenvalue weighted by atomic mass is 10.2. The Morgan fingerprint density at radius 2 is 2.10 bits per heavy atom. The maximum absolute atomic E-state index is 12.2. The normalized spacial score (nSPS) is 11.2. The number of H-pyrrole nitrogens is 1. The number of nitrogens with zero attached hydrogens (tertiary/aromatic N) is 3. The molecule has 7 heteroatoms. The molecule has 0 amide bonds. The highest BCUT2D eigenvalue weighted by Crippen LogP contribution is 2.26. The maximum Gasteiger partial charge on any atom is 0.263 e. The third-order valence-electron chi connectivity index (χ3n) is 3.20. The van der Waals surface area contributed by atoms with E-state index in [1.54, 1.807) is 17.7 Å². The van der Waals surface area contributed by atoms with Crippen molar-refractivity contribution in [2.24, 2.45) is 0 Å². The first kappa shape index (κ1) is 14.2. The molecule has 0 aliphatic carbocycles. The second-order valence-corrected chi connectivity index (χ2v) is 5.93. The Morgan fingerprint density at radius 3 is 2.76 bits per heavy atom. The van der Waals surface area contributed by atoms with E-state index in [2.05, 4.69) is 15.1 Å². The fourth-order valence-corrected chi connectivity index (χ4v) is 3.05. The largest absolute Gasteiger partial charge is 0.310 e. The van der Waals surface area contributed by atoms with Crippen LogP contribution in [0.3, 0.4) is 0 Å². The van der Waals surface area contributed by atoms with E-state index in [1.807, 2.05) is 25.3 Å². The molecule has 3 aromatic rings. The van der Waals surface area contributed by atoms with Crippen molar-refractivity contribution >= 4 is 34.4 Å². The number of benzene rings is 1. The number of aryl methyl sites for hydroxylation is 2. The number of hydrogen-bond donors (Lipinski definition) is 1. The number of hydrogen-bond acceptors (Lipinski definition) is 4. The summed E-state index contributed by atoms with van der Waals surface area (Å²) in [4.78, 5) is 19.3. The number of aromatic nitrogens is 4. The van der Waals surface area contributed by atoms with Crippen LogP contribution < -0.4 is 5.56 Å². The first-order chi connectivity index (χ1) is 10.0. The Hall–Kier alpha value is -1.79. The lowest BCUT2D eigenvalue weighted by Gasteiger charge is -2.07. The summed E-state index contributed by atoms with van der Waals surface area (Å²) in [5.74, 6) is 0.563. The van der Waals surface area contributed by atoms with Crippen LogP contribution in [0.25, 0.3) is 16.7 Å². The third kappa shape index (κ3) is 2.34. The zero-order valence-electron chi connectivity index (χ0n) is 11.8. The summed E-state index contributed by atoms with van der Waals surface area (Å²) >= 11 is 7.43. The predicted molar refractivity (Wildman–Crippen MR) is 85.8 cm³/mol. The molecule has 0 unspecified atom stereocenters. The van der Waals surface area contributed by atoms with Crippen molar-refractivity contribution < 1.29 is 0 Å². The molecule has 0 spiro atoms. The molecule has 3 rings (SSSR count). The fraction of sp³-hybridized carbons (Fsp3) is 0.214. The van der Waals surface area contributed by atoms with Crippen LogP contribution in [0.5, 0.6) is 0 Å². The average molecular weight is 321 g/mol. The zero-order chi connectivity index (χ0) is 15.1. The molecule has 0 saturated carbocycles. The minimum Gasteiger partial charge on any atom is -0.310 e. The Kier molecular flexibility index (Phi) is 3.51. The van der Waals surface area contributed by atoms with Gasteiger partial charge in [-0.3, -0.25) is 4.79 Å². The van der Waals surface area contributed by atoms with Gasteiger partial charge in [0.05, 0.1) is 5.69 Å². The SMILES string of the molecule is CSc1nn(-c2ccc(Cl)cc2C)c2nc(C)[nH]c(=O)c12. The minimum atomic E-state index is -0.167. The summed E-state index contributed by atoms with van der Waals surface area (Å²) in [5.41, 5.74) is 2.23. The van der Waals surface area contributed by atoms with Crippen LogP contribution in [0.4, 0.5) is 0 Å². The van der Waals surface area contributed by atoms with Crippen LogP contribution >= 0.6 is 23.4 Å². The fourth-order valence-electron chi connectivity index (χ4n) is 2.27. The van der Waals surface area contributed by atoms with Crippen molar-refractivity contribution in [1.82, 2.24) is 19.7 Å². The summed E-state index contributed by atoms with van der Waals surface area (Å²) in [6.07, 6.45) is 1.89. The van der Waals surface area contributed by atoms with Crippen molar-refractivity contribution in [2.75, 3.05) is 6.26 Å². The van der Waals surface area contributed by atoms with E-state index in [0.29, 0.717) is 26.9 Å². The van der Waals surface area contributed by atoms with E-state index in [0.717, 1.165) is 11.3 Å². The van der Waals surface area contributed by atoms with Gasteiger partial charge in [-0.05, 0) is 43.9 Å². The molecule has 0 saturated heterocycles. The van der Waals surface area contributed by atoms with Crippen LogP contribution in [0.1, 0.15) is 11.4 Å². The lowest BCUT2D eigenvalue weighted by Crippen LogP contribution is -2.10. The van der Waals surface area contributed by atoms with Gasteiger partial charge in [0.2, 0.25) is 0 Å². The molecular weight excluding hydrogens is 308 g/mol. The van der Waals surface area contributed by atoms with Gasteiger partial charge >= 0.3 is 0 Å². The summed E-state index contributed by atoms with van der Waals surface area (Å²) in [5, 5.41) is 6.37. The number of thioether (sulfide) groups is 1. The van der Waals surface area contributed by atoms with Crippen molar-refractivity contribution in [3.8, 4) is 5.69 Å². The van der Waals surface area contributed by atoms with Gasteiger partial charge < -0.3 is 4.98 Å². The molecule has 2 heterocycles. The molecule has 0 atom stereocenters. The Bertz CT molecular complexity index is 900. The number of fused-ring (bicyclic) bond motifs is 1. The van der Waals surface area contributed by atoms with E-state index in [1.165, 1.54) is 11.8 Å². The lowest BCUT2D eigenvalue weighted by molar-refractivity contribution is 0.843. The Labute approximate surface area is 130 Å². The van der Waals surface area contributed by atoms with Crippen LogP contribution in [-0.4, -0.2) is 26.0 Å². The predicted octanol–water partition coefficient (Wildman–Crippen LogP) is 3.10. The van der Waals surface area contributed by atoms with Crippen LogP contribution in [0.15, 0.2) is 28.0 Å². The monoisotopic (exact) mass is 320 g/mol. The van der Waals surface area contributed by atoms with Crippen LogP contribution in [0.2, 0.25) is 5.02 Å². The number of nitrogens with one attached hydrogen (secondary N) is 1. The van der Waals surface area contributed by atoms with Gasteiger partial charge in [-0.1, -0.05) is 11.6 Å². The Balaban J connectivity index is 2.40. The highest BCUT2D eigenvalue weighted by atomic mass is 35.5. The molecule has 1 aromatic carbocycles. The number of rotatable bonds is 2. The van der Waals surface area contributed by atoms with E-state index in [9.17, 15) is 4.79 Å². The molecule has 2 aromatic heterocycles. The molecule has 0 fully saturated rings. The van der Waals surface area contributed by atoms with Gasteiger partial charge in [0, 0.05) is 5.02 Å². The quantitative estimate of drug-likeness (QED) is 0.737. The first-order valence-electron chi connectivity index (χ1n) is 6.31. The minimum absolute atomic E-state index is 0.167. The molecular formula is C14H13ClN4OS. The first-order valence-corrected chi connectivity index (χ1v) is 7.91. The summed E-state index contributed by atoms with van der Waals surface area (Å²) < 4.78 is 1.70. The van der Waals surface area contributed by atoms with E-state index in [4.69, 9.17) is 11.6 Å². The van der Waals surface area contributed by atoms with Gasteiger partial charge in [0.25, 0.3) is 5.56 Å². The van der Waals surface area contributed by atoms with Crippen molar-refractivity contribution in [1.29, 1.82) is 0 Å². The second-order valence-electron chi connectivity index (χ2n) is 4.70. The molecule has 0 radical (unpaired) electrons. The molecule has 108 valence electrons. The van der Waals surface area contributed by atoms with Gasteiger partial charge in [-0.15, -0.1) is 11.8 Å². The van der Waals surface area contributed by atoms with Gasteiger partial charge in [0.15, 0.2) is 5.65 Å². The zero-order valence-corrected chi connectivity index (χ0v) is 13.3. The smallest absolute Gasteiger partial charge is 0.263 e. The maximum atomic E-state index is 12.2. The topological polar surface area (TPSA) is 63.6 Å². The van der Waals surface area contributed by atoms with Gasteiger partial charge in [-0.25, -0.2) is 9.67 Å². The third-order valence-corrected chi connectivity index (χ3v) is 4.11. The molecule has 1 N–H and O–H groups in total. The van der Waals surface area contributed by atoms with Crippen LogP contribution in [0, 0.1) is 13.8 Å². The molecule has 0 aliphatic heterocycles. The second kappa shape index (κ2) is 5.20. The van der Waals surface area contributed by atoms with Crippen molar-refractivity contribution in [3.05, 3.63) is 45.0 Å². The molecule has 5 nitrogen and oxygen atoms in total. The van der Waals surface area contributed by atoms with E-state index < -0.39 is 0 Å². The Morgan fingerprint density at radius 1 is 1.33 bits per heavy atom. The van der Waals surface area contributed by atoms with Crippen molar-refractivity contribution in [3.63, 3.8) is 0 Å². The summed E-state index contributed by atoms with van der Waals surface area (Å²) in [7, 11) is 0. The standard InChI is InChI=1S/C14H13ClN4OS/c1-7-6-9(15)4-5-10(7)19-12-11(14(18-19)21-3)13(20)17-8(2)16-12/h4-6H,1-3H3,(H,16,17,20). The molecule has 0 bridgehead atoms. The number of halogens is 1. The highest BCUT2D eigenvalue weighted by Gasteiger charge is 2.17. The summed E-state index contributed by atoms with van der Waals surface area (Å²) in [6, 6.07) is 5.55.